The van der Waals surface area contributed by atoms with Crippen LogP contribution in [-0.4, -0.2) is 8.42 Å². The van der Waals surface area contributed by atoms with Gasteiger partial charge in [-0.15, -0.1) is 0 Å². The first-order valence-corrected chi connectivity index (χ1v) is 11.1. The Morgan fingerprint density at radius 1 is 0.733 bits per heavy atom. The van der Waals surface area contributed by atoms with Gasteiger partial charge in [0.05, 0.1) is 4.90 Å². The molecule has 0 amide bonds. The maximum Gasteiger partial charge on any atom is 0.238 e. The molecule has 4 nitrogen and oxygen atoms in total. The summed E-state index contributed by atoms with van der Waals surface area (Å²) in [6, 6.07) is 29.1. The summed E-state index contributed by atoms with van der Waals surface area (Å²) in [5.41, 5.74) is 4.06. The average Bonchev–Trinajstić information content (AvgIpc) is 2.77. The summed E-state index contributed by atoms with van der Waals surface area (Å²) < 4.78 is 29.6. The molecule has 0 saturated heterocycles. The summed E-state index contributed by atoms with van der Waals surface area (Å²) in [5.74, 6) is 1.54. The Morgan fingerprint density at radius 2 is 1.40 bits per heavy atom. The van der Waals surface area contributed by atoms with E-state index < -0.39 is 10.0 Å². The highest BCUT2D eigenvalue weighted by atomic mass is 32.2. The van der Waals surface area contributed by atoms with Crippen molar-refractivity contribution in [2.24, 2.45) is 5.14 Å². The number of nitrogens with two attached hydrogens (primary N) is 1. The van der Waals surface area contributed by atoms with Crippen LogP contribution in [0, 0.1) is 0 Å². The molecule has 0 fully saturated rings. The van der Waals surface area contributed by atoms with Crippen molar-refractivity contribution in [2.45, 2.75) is 11.3 Å². The third kappa shape index (κ3) is 3.38. The van der Waals surface area contributed by atoms with E-state index in [1.165, 1.54) is 17.5 Å². The molecule has 0 aromatic heterocycles. The van der Waals surface area contributed by atoms with Gasteiger partial charge in [-0.3, -0.25) is 0 Å². The molecule has 5 rings (SSSR count). The molecular formula is C25H19NO3S. The number of ether oxygens (including phenoxy) is 1. The van der Waals surface area contributed by atoms with Gasteiger partial charge in [-0.1, -0.05) is 54.6 Å². The number of benzene rings is 4. The summed E-state index contributed by atoms with van der Waals surface area (Å²) >= 11 is 0. The predicted octanol–water partition coefficient (Wildman–Crippen LogP) is 4.99. The molecule has 30 heavy (non-hydrogen) atoms. The second-order valence-electron chi connectivity index (χ2n) is 7.33. The van der Waals surface area contributed by atoms with Crippen LogP contribution in [0.5, 0.6) is 5.75 Å². The van der Waals surface area contributed by atoms with Crippen LogP contribution < -0.4 is 9.88 Å². The lowest BCUT2D eigenvalue weighted by Crippen LogP contribution is -2.12. The fourth-order valence-corrected chi connectivity index (χ4v) is 4.35. The number of hydrogen-bond acceptors (Lipinski definition) is 3. The van der Waals surface area contributed by atoms with Crippen LogP contribution in [0.4, 0.5) is 0 Å². The van der Waals surface area contributed by atoms with Crippen molar-refractivity contribution in [3.8, 4) is 5.75 Å². The van der Waals surface area contributed by atoms with E-state index in [1.54, 1.807) is 12.1 Å². The van der Waals surface area contributed by atoms with Crippen molar-refractivity contribution in [2.75, 3.05) is 0 Å². The number of para-hydroxylation sites is 1. The maximum atomic E-state index is 11.6. The molecule has 0 unspecified atom stereocenters. The molecule has 0 spiro atoms. The zero-order chi connectivity index (χ0) is 20.7. The molecule has 0 saturated carbocycles. The van der Waals surface area contributed by atoms with Gasteiger partial charge in [0.2, 0.25) is 10.0 Å². The van der Waals surface area contributed by atoms with Crippen molar-refractivity contribution in [3.05, 3.63) is 108 Å². The first-order chi connectivity index (χ1) is 14.5. The zero-order valence-electron chi connectivity index (χ0n) is 16.1. The van der Waals surface area contributed by atoms with E-state index in [9.17, 15) is 8.42 Å². The standard InChI is InChI=1S/C25H19NO3S/c26-30(27,28)22-13-11-18(12-14-22)25-23(16-21-7-3-4-8-24(21)29-25)20-10-9-17-5-1-2-6-19(17)15-20/h1-15H,16H2,(H2,26,27,28). The Kier molecular flexibility index (Phi) is 4.42. The van der Waals surface area contributed by atoms with Crippen LogP contribution >= 0.6 is 0 Å². The van der Waals surface area contributed by atoms with Gasteiger partial charge in [0.25, 0.3) is 0 Å². The summed E-state index contributed by atoms with van der Waals surface area (Å²) in [6.45, 7) is 0. The first kappa shape index (κ1) is 18.6. The minimum Gasteiger partial charge on any atom is -0.456 e. The highest BCUT2D eigenvalue weighted by molar-refractivity contribution is 7.89. The summed E-state index contributed by atoms with van der Waals surface area (Å²) in [6.07, 6.45) is 0.723. The number of rotatable bonds is 3. The number of fused-ring (bicyclic) bond motifs is 2. The number of primary sulfonamides is 1. The second kappa shape index (κ2) is 7.13. The third-order valence-corrected chi connectivity index (χ3v) is 6.30. The van der Waals surface area contributed by atoms with Gasteiger partial charge >= 0.3 is 0 Å². The lowest BCUT2D eigenvalue weighted by molar-refractivity contribution is 0.502. The topological polar surface area (TPSA) is 69.4 Å². The Balaban J connectivity index is 1.68. The number of hydrogen-bond donors (Lipinski definition) is 1. The van der Waals surface area contributed by atoms with E-state index in [2.05, 4.69) is 36.4 Å². The molecule has 0 radical (unpaired) electrons. The Labute approximate surface area is 175 Å². The van der Waals surface area contributed by atoms with Crippen LogP contribution in [0.3, 0.4) is 0 Å². The summed E-state index contributed by atoms with van der Waals surface area (Å²) in [5, 5.41) is 7.59. The molecule has 0 bridgehead atoms. The molecule has 5 heteroatoms. The van der Waals surface area contributed by atoms with Crippen molar-refractivity contribution in [1.29, 1.82) is 0 Å². The SMILES string of the molecule is NS(=O)(=O)c1ccc(C2=C(c3ccc4ccccc4c3)Cc3ccccc3O2)cc1. The molecule has 1 aliphatic heterocycles. The van der Waals surface area contributed by atoms with Crippen molar-refractivity contribution in [1.82, 2.24) is 0 Å². The smallest absolute Gasteiger partial charge is 0.238 e. The van der Waals surface area contributed by atoms with Crippen LogP contribution in [-0.2, 0) is 16.4 Å². The zero-order valence-corrected chi connectivity index (χ0v) is 16.9. The highest BCUT2D eigenvalue weighted by Gasteiger charge is 2.22. The minimum absolute atomic E-state index is 0.0790. The second-order valence-corrected chi connectivity index (χ2v) is 8.89. The lowest BCUT2D eigenvalue weighted by atomic mass is 9.91. The van der Waals surface area contributed by atoms with Gasteiger partial charge in [0, 0.05) is 17.6 Å². The van der Waals surface area contributed by atoms with E-state index in [4.69, 9.17) is 9.88 Å². The Bertz CT molecular complexity index is 1400. The van der Waals surface area contributed by atoms with Crippen LogP contribution in [0.1, 0.15) is 16.7 Å². The van der Waals surface area contributed by atoms with Gasteiger partial charge < -0.3 is 4.74 Å². The first-order valence-electron chi connectivity index (χ1n) is 9.60. The van der Waals surface area contributed by atoms with Gasteiger partial charge in [0.1, 0.15) is 11.5 Å². The summed E-state index contributed by atoms with van der Waals surface area (Å²) in [4.78, 5) is 0.0790. The average molecular weight is 413 g/mol. The molecule has 0 atom stereocenters. The molecule has 2 N–H and O–H groups in total. The quantitative estimate of drug-likeness (QED) is 0.514. The number of allylic oxidation sites excluding steroid dienone is 1. The lowest BCUT2D eigenvalue weighted by Gasteiger charge is -2.24. The third-order valence-electron chi connectivity index (χ3n) is 5.37. The van der Waals surface area contributed by atoms with E-state index in [-0.39, 0.29) is 4.90 Å². The van der Waals surface area contributed by atoms with Crippen molar-refractivity contribution >= 4 is 32.1 Å². The normalized spacial score (nSPS) is 13.8. The Morgan fingerprint density at radius 3 is 2.17 bits per heavy atom. The monoisotopic (exact) mass is 413 g/mol. The molecule has 4 aromatic rings. The fourth-order valence-electron chi connectivity index (χ4n) is 3.83. The molecule has 0 aliphatic carbocycles. The number of sulfonamides is 1. The largest absolute Gasteiger partial charge is 0.456 e. The predicted molar refractivity (Wildman–Crippen MR) is 119 cm³/mol. The molecule has 148 valence electrons. The highest BCUT2D eigenvalue weighted by Crippen LogP contribution is 2.39. The summed E-state index contributed by atoms with van der Waals surface area (Å²) in [7, 11) is -3.75. The van der Waals surface area contributed by atoms with Crippen LogP contribution in [0.2, 0.25) is 0 Å². The molecule has 1 heterocycles. The van der Waals surface area contributed by atoms with E-state index in [0.29, 0.717) is 0 Å². The minimum atomic E-state index is -3.75. The van der Waals surface area contributed by atoms with E-state index >= 15 is 0 Å². The van der Waals surface area contributed by atoms with Crippen LogP contribution in [0.25, 0.3) is 22.1 Å². The van der Waals surface area contributed by atoms with E-state index in [0.717, 1.165) is 45.6 Å². The van der Waals surface area contributed by atoms with Gasteiger partial charge in [-0.25, -0.2) is 13.6 Å². The van der Waals surface area contributed by atoms with Crippen molar-refractivity contribution in [3.63, 3.8) is 0 Å². The Hall–Kier alpha value is -3.41. The van der Waals surface area contributed by atoms with Crippen LogP contribution in [0.15, 0.2) is 95.9 Å². The fraction of sp³-hybridized carbons (Fsp3) is 0.0400. The van der Waals surface area contributed by atoms with Crippen molar-refractivity contribution < 1.29 is 13.2 Å². The van der Waals surface area contributed by atoms with Gasteiger partial charge in [0.15, 0.2) is 0 Å². The van der Waals surface area contributed by atoms with Gasteiger partial charge in [-0.2, -0.15) is 0 Å². The molecule has 4 aromatic carbocycles. The molecular weight excluding hydrogens is 394 g/mol. The molecule has 1 aliphatic rings. The van der Waals surface area contributed by atoms with E-state index in [1.807, 2.05) is 30.3 Å². The van der Waals surface area contributed by atoms with Gasteiger partial charge in [-0.05, 0) is 58.3 Å². The maximum absolute atomic E-state index is 11.6.